The Balaban J connectivity index is 0.000000703. The minimum atomic E-state index is -3.11. The van der Waals surface area contributed by atoms with Crippen molar-refractivity contribution in [2.45, 2.75) is 19.9 Å². The summed E-state index contributed by atoms with van der Waals surface area (Å²) in [7, 11) is 1.66. The Morgan fingerprint density at radius 3 is 1.77 bits per heavy atom. The molecule has 0 radical (unpaired) electrons. The third-order valence-electron chi connectivity index (χ3n) is 4.50. The molecule has 31 heavy (non-hydrogen) atoms. The monoisotopic (exact) mass is 462 g/mol. The van der Waals surface area contributed by atoms with Crippen molar-refractivity contribution >= 4 is 22.0 Å². The van der Waals surface area contributed by atoms with Crippen molar-refractivity contribution < 1.29 is 42.4 Å². The summed E-state index contributed by atoms with van der Waals surface area (Å²) in [6.07, 6.45) is 0.647. The van der Waals surface area contributed by atoms with Crippen LogP contribution in [-0.2, 0) is 26.2 Å². The highest BCUT2D eigenvalue weighted by Crippen LogP contribution is 2.38. The van der Waals surface area contributed by atoms with Gasteiger partial charge in [-0.05, 0) is 24.1 Å². The second-order valence-corrected chi connectivity index (χ2v) is 8.72. The second-order valence-electron chi connectivity index (χ2n) is 6.64. The molecule has 0 unspecified atom stereocenters. The topological polar surface area (TPSA) is 143 Å². The normalized spacial score (nSPS) is 14.8. The number of sulfonamides is 1. The molecule has 0 aliphatic carbocycles. The molecular formula is C19H30N2O9S. The lowest BCUT2D eigenvalue weighted by Gasteiger charge is -2.34. The van der Waals surface area contributed by atoms with E-state index < -0.39 is 22.0 Å². The third-order valence-corrected chi connectivity index (χ3v) is 6.58. The minimum Gasteiger partial charge on any atom is -0.493 e. The molecule has 1 aromatic rings. The molecule has 0 saturated carbocycles. The van der Waals surface area contributed by atoms with Crippen molar-refractivity contribution in [3.63, 3.8) is 0 Å². The van der Waals surface area contributed by atoms with Gasteiger partial charge in [0.05, 0.1) is 27.1 Å². The van der Waals surface area contributed by atoms with Gasteiger partial charge in [-0.2, -0.15) is 4.31 Å². The summed E-state index contributed by atoms with van der Waals surface area (Å²) in [5.41, 5.74) is 1.04. The van der Waals surface area contributed by atoms with Crippen molar-refractivity contribution in [1.29, 1.82) is 0 Å². The van der Waals surface area contributed by atoms with Crippen LogP contribution in [0.3, 0.4) is 0 Å². The van der Waals surface area contributed by atoms with Crippen LogP contribution in [0.15, 0.2) is 12.1 Å². The number of carboxylic acids is 2. The Hall–Kier alpha value is -2.57. The van der Waals surface area contributed by atoms with Gasteiger partial charge in [0.25, 0.3) is 0 Å². The van der Waals surface area contributed by atoms with E-state index >= 15 is 0 Å². The fraction of sp³-hybridized carbons (Fsp3) is 0.579. The van der Waals surface area contributed by atoms with Crippen molar-refractivity contribution in [3.05, 3.63) is 17.7 Å². The number of hydrogen-bond acceptors (Lipinski definition) is 8. The molecular weight excluding hydrogens is 432 g/mol. The molecule has 1 heterocycles. The number of piperazine rings is 1. The van der Waals surface area contributed by atoms with Gasteiger partial charge >= 0.3 is 11.9 Å². The quantitative estimate of drug-likeness (QED) is 0.531. The number of hydrogen-bond donors (Lipinski definition) is 2. The van der Waals surface area contributed by atoms with E-state index in [1.165, 1.54) is 0 Å². The lowest BCUT2D eigenvalue weighted by atomic mass is 10.1. The zero-order chi connectivity index (χ0) is 23.6. The Labute approximate surface area is 182 Å². The van der Waals surface area contributed by atoms with E-state index in [0.29, 0.717) is 56.4 Å². The van der Waals surface area contributed by atoms with E-state index in [2.05, 4.69) is 4.90 Å². The number of nitrogens with zero attached hydrogens (tertiary/aromatic N) is 2. The zero-order valence-electron chi connectivity index (χ0n) is 18.2. The summed E-state index contributed by atoms with van der Waals surface area (Å²) >= 11 is 0. The van der Waals surface area contributed by atoms with Gasteiger partial charge < -0.3 is 24.4 Å². The first-order valence-electron chi connectivity index (χ1n) is 9.54. The van der Waals surface area contributed by atoms with Gasteiger partial charge in [0.1, 0.15) is 0 Å². The highest BCUT2D eigenvalue weighted by Gasteiger charge is 2.26. The first kappa shape index (κ1) is 26.5. The molecule has 0 aromatic heterocycles. The van der Waals surface area contributed by atoms with Gasteiger partial charge in [0.15, 0.2) is 11.5 Å². The molecule has 0 spiro atoms. The lowest BCUT2D eigenvalue weighted by Crippen LogP contribution is -2.48. The highest BCUT2D eigenvalue weighted by molar-refractivity contribution is 7.89. The molecule has 1 saturated heterocycles. The largest absolute Gasteiger partial charge is 0.493 e. The van der Waals surface area contributed by atoms with Gasteiger partial charge in [0.2, 0.25) is 15.8 Å². The molecule has 1 aliphatic rings. The number of rotatable bonds is 8. The fourth-order valence-electron chi connectivity index (χ4n) is 3.04. The number of methoxy groups -OCH3 is 3. The molecule has 1 aromatic carbocycles. The molecule has 176 valence electrons. The van der Waals surface area contributed by atoms with Crippen LogP contribution >= 0.6 is 0 Å². The van der Waals surface area contributed by atoms with Gasteiger partial charge in [0, 0.05) is 32.7 Å². The standard InChI is InChI=1S/C17H28N2O5S.C2H2O4/c1-5-10-25(20,21)19-8-6-18(7-9-19)13-14-11-15(22-2)17(24-4)16(12-14)23-3;3-1(4)2(5)6/h11-12H,5-10,13H2,1-4H3;(H,3,4)(H,5,6). The lowest BCUT2D eigenvalue weighted by molar-refractivity contribution is -0.159. The summed E-state index contributed by atoms with van der Waals surface area (Å²) in [5, 5.41) is 14.8. The van der Waals surface area contributed by atoms with Crippen molar-refractivity contribution in [2.24, 2.45) is 0 Å². The van der Waals surface area contributed by atoms with Gasteiger partial charge in [-0.15, -0.1) is 0 Å². The SMILES string of the molecule is CCCS(=O)(=O)N1CCN(Cc2cc(OC)c(OC)c(OC)c2)CC1.O=C(O)C(=O)O. The average molecular weight is 463 g/mol. The zero-order valence-corrected chi connectivity index (χ0v) is 19.0. The number of carboxylic acid groups (broad SMARTS) is 2. The van der Waals surface area contributed by atoms with E-state index in [9.17, 15) is 8.42 Å². The molecule has 0 atom stereocenters. The Kier molecular flexibility index (Phi) is 10.5. The maximum atomic E-state index is 12.1. The molecule has 2 rings (SSSR count). The maximum Gasteiger partial charge on any atom is 0.414 e. The van der Waals surface area contributed by atoms with Crippen LogP contribution in [0.2, 0.25) is 0 Å². The highest BCUT2D eigenvalue weighted by atomic mass is 32.2. The van der Waals surface area contributed by atoms with Crippen molar-refractivity contribution in [1.82, 2.24) is 9.21 Å². The van der Waals surface area contributed by atoms with Crippen LogP contribution < -0.4 is 14.2 Å². The molecule has 1 fully saturated rings. The number of aliphatic carboxylic acids is 2. The van der Waals surface area contributed by atoms with Gasteiger partial charge in [-0.1, -0.05) is 6.92 Å². The fourth-order valence-corrected chi connectivity index (χ4v) is 4.53. The van der Waals surface area contributed by atoms with E-state index in [0.717, 1.165) is 5.56 Å². The van der Waals surface area contributed by atoms with Gasteiger partial charge in [-0.25, -0.2) is 18.0 Å². The van der Waals surface area contributed by atoms with E-state index in [4.69, 9.17) is 34.0 Å². The number of ether oxygens (including phenoxy) is 3. The summed E-state index contributed by atoms with van der Waals surface area (Å²) < 4.78 is 42.0. The average Bonchev–Trinajstić information content (AvgIpc) is 2.73. The Bertz CT molecular complexity index is 813. The summed E-state index contributed by atoms with van der Waals surface area (Å²) in [4.78, 5) is 20.4. The Morgan fingerprint density at radius 2 is 1.42 bits per heavy atom. The second kappa shape index (κ2) is 12.3. The number of benzene rings is 1. The van der Waals surface area contributed by atoms with Crippen LogP contribution in [0, 0.1) is 0 Å². The maximum absolute atomic E-state index is 12.1. The van der Waals surface area contributed by atoms with Crippen molar-refractivity contribution in [3.8, 4) is 17.2 Å². The summed E-state index contributed by atoms with van der Waals surface area (Å²) in [6, 6.07) is 3.86. The predicted molar refractivity (Wildman–Crippen MR) is 112 cm³/mol. The number of carbonyl (C=O) groups is 2. The van der Waals surface area contributed by atoms with Crippen molar-refractivity contribution in [2.75, 3.05) is 53.3 Å². The van der Waals surface area contributed by atoms with Gasteiger partial charge in [-0.3, -0.25) is 4.90 Å². The van der Waals surface area contributed by atoms with E-state index in [-0.39, 0.29) is 5.75 Å². The first-order valence-corrected chi connectivity index (χ1v) is 11.2. The van der Waals surface area contributed by atoms with Crippen LogP contribution in [0.1, 0.15) is 18.9 Å². The molecule has 1 aliphatic heterocycles. The third kappa shape index (κ3) is 7.89. The van der Waals surface area contributed by atoms with Crippen LogP contribution in [0.4, 0.5) is 0 Å². The molecule has 0 amide bonds. The molecule has 11 nitrogen and oxygen atoms in total. The van der Waals surface area contributed by atoms with Crippen LogP contribution in [0.25, 0.3) is 0 Å². The van der Waals surface area contributed by atoms with Crippen LogP contribution in [-0.4, -0.2) is 93.0 Å². The summed E-state index contributed by atoms with van der Waals surface area (Å²) in [5.74, 6) is -1.60. The van der Waals surface area contributed by atoms with E-state index in [1.807, 2.05) is 19.1 Å². The predicted octanol–water partition coefficient (Wildman–Crippen LogP) is 0.725. The molecule has 2 N–H and O–H groups in total. The summed E-state index contributed by atoms with van der Waals surface area (Å²) in [6.45, 7) is 5.08. The van der Waals surface area contributed by atoms with E-state index in [1.54, 1.807) is 25.6 Å². The molecule has 12 heteroatoms. The minimum absolute atomic E-state index is 0.222. The first-order chi connectivity index (χ1) is 14.6. The Morgan fingerprint density at radius 1 is 0.935 bits per heavy atom. The molecule has 0 bridgehead atoms. The smallest absolute Gasteiger partial charge is 0.414 e. The van der Waals surface area contributed by atoms with Crippen LogP contribution in [0.5, 0.6) is 17.2 Å².